The van der Waals surface area contributed by atoms with Crippen LogP contribution in [0.3, 0.4) is 0 Å². The predicted octanol–water partition coefficient (Wildman–Crippen LogP) is 2.81. The van der Waals surface area contributed by atoms with Crippen LogP contribution >= 0.6 is 0 Å². The molecule has 1 aliphatic rings. The first-order valence-corrected chi connectivity index (χ1v) is 10.8. The number of morpholine rings is 1. The van der Waals surface area contributed by atoms with Crippen LogP contribution in [-0.4, -0.2) is 45.5 Å². The van der Waals surface area contributed by atoms with E-state index in [1.165, 1.54) is 0 Å². The molecule has 0 aliphatic carbocycles. The Labute approximate surface area is 166 Å². The fourth-order valence-electron chi connectivity index (χ4n) is 3.59. The number of aryl methyl sites for hydroxylation is 3. The number of hydrogen-bond donors (Lipinski definition) is 1. The number of nitrogens with one attached hydrogen (secondary N) is 1. The Hall–Kier alpha value is -2.38. The van der Waals surface area contributed by atoms with Crippen molar-refractivity contribution in [3.63, 3.8) is 0 Å². The van der Waals surface area contributed by atoms with E-state index >= 15 is 0 Å². The Kier molecular flexibility index (Phi) is 6.05. The number of nitrogens with zero attached hydrogens (tertiary/aromatic N) is 1. The van der Waals surface area contributed by atoms with Crippen molar-refractivity contribution in [3.05, 3.63) is 58.7 Å². The Balaban J connectivity index is 1.71. The Morgan fingerprint density at radius 2 is 1.61 bits per heavy atom. The molecule has 0 bridgehead atoms. The van der Waals surface area contributed by atoms with Gasteiger partial charge in [0.1, 0.15) is 0 Å². The lowest BCUT2D eigenvalue weighted by atomic mass is 10.1. The number of anilines is 1. The van der Waals surface area contributed by atoms with Gasteiger partial charge in [0.05, 0.1) is 24.5 Å². The summed E-state index contributed by atoms with van der Waals surface area (Å²) in [7, 11) is -3.68. The van der Waals surface area contributed by atoms with Gasteiger partial charge in [-0.3, -0.25) is 9.52 Å². The maximum absolute atomic E-state index is 12.8. The van der Waals surface area contributed by atoms with E-state index in [4.69, 9.17) is 4.74 Å². The molecule has 28 heavy (non-hydrogen) atoms. The number of ether oxygens (including phenoxy) is 1. The molecule has 1 amide bonds. The molecule has 1 saturated heterocycles. The highest BCUT2D eigenvalue weighted by Crippen LogP contribution is 2.24. The van der Waals surface area contributed by atoms with E-state index in [0.717, 1.165) is 22.3 Å². The summed E-state index contributed by atoms with van der Waals surface area (Å²) < 4.78 is 33.6. The predicted molar refractivity (Wildman–Crippen MR) is 109 cm³/mol. The van der Waals surface area contributed by atoms with Gasteiger partial charge in [0, 0.05) is 18.8 Å². The lowest BCUT2D eigenvalue weighted by Gasteiger charge is -2.26. The first-order chi connectivity index (χ1) is 13.3. The molecule has 0 aromatic heterocycles. The van der Waals surface area contributed by atoms with E-state index in [1.807, 2.05) is 19.1 Å². The molecule has 1 heterocycles. The normalized spacial score (nSPS) is 14.8. The van der Waals surface area contributed by atoms with Gasteiger partial charge in [-0.05, 0) is 49.6 Å². The summed E-state index contributed by atoms with van der Waals surface area (Å²) >= 11 is 0. The highest BCUT2D eigenvalue weighted by Gasteiger charge is 2.20. The number of amides is 1. The first-order valence-electron chi connectivity index (χ1n) is 9.31. The van der Waals surface area contributed by atoms with Gasteiger partial charge in [-0.2, -0.15) is 0 Å². The third-order valence-corrected chi connectivity index (χ3v) is 6.48. The Morgan fingerprint density at radius 1 is 1.04 bits per heavy atom. The van der Waals surface area contributed by atoms with Crippen molar-refractivity contribution in [3.8, 4) is 0 Å². The molecule has 2 aromatic rings. The summed E-state index contributed by atoms with van der Waals surface area (Å²) in [6, 6.07) is 10.7. The molecule has 6 nitrogen and oxygen atoms in total. The minimum atomic E-state index is -3.68. The van der Waals surface area contributed by atoms with Gasteiger partial charge >= 0.3 is 0 Å². The Bertz CT molecular complexity index is 939. The average Bonchev–Trinajstić information content (AvgIpc) is 2.62. The van der Waals surface area contributed by atoms with E-state index in [-0.39, 0.29) is 5.91 Å². The number of carbonyl (C=O) groups excluding carboxylic acids is 1. The number of rotatable bonds is 5. The second kappa shape index (κ2) is 8.32. The largest absolute Gasteiger partial charge is 0.378 e. The molecule has 3 rings (SSSR count). The van der Waals surface area contributed by atoms with Crippen molar-refractivity contribution >= 4 is 21.6 Å². The van der Waals surface area contributed by atoms with Crippen LogP contribution in [0.2, 0.25) is 0 Å². The van der Waals surface area contributed by atoms with Crippen LogP contribution in [0.4, 0.5) is 5.69 Å². The van der Waals surface area contributed by atoms with E-state index in [1.54, 1.807) is 43.0 Å². The van der Waals surface area contributed by atoms with Crippen LogP contribution in [-0.2, 0) is 26.0 Å². The lowest BCUT2D eigenvalue weighted by Crippen LogP contribution is -2.41. The highest BCUT2D eigenvalue weighted by atomic mass is 32.2. The molecule has 1 N–H and O–H groups in total. The fourth-order valence-corrected chi connectivity index (χ4v) is 5.10. The van der Waals surface area contributed by atoms with Gasteiger partial charge in [-0.15, -0.1) is 0 Å². The summed E-state index contributed by atoms with van der Waals surface area (Å²) in [4.78, 5) is 14.4. The zero-order valence-corrected chi connectivity index (χ0v) is 17.3. The van der Waals surface area contributed by atoms with Gasteiger partial charge in [0.2, 0.25) is 5.91 Å². The topological polar surface area (TPSA) is 75.7 Å². The van der Waals surface area contributed by atoms with Crippen molar-refractivity contribution in [2.75, 3.05) is 31.0 Å². The van der Waals surface area contributed by atoms with Crippen molar-refractivity contribution < 1.29 is 17.9 Å². The molecule has 0 radical (unpaired) electrons. The highest BCUT2D eigenvalue weighted by molar-refractivity contribution is 7.92. The summed E-state index contributed by atoms with van der Waals surface area (Å²) in [5, 5.41) is 0. The van der Waals surface area contributed by atoms with E-state index in [2.05, 4.69) is 4.72 Å². The molecular formula is C21H26N2O4S. The summed E-state index contributed by atoms with van der Waals surface area (Å²) in [6.07, 6.45) is 0.295. The summed E-state index contributed by atoms with van der Waals surface area (Å²) in [6.45, 7) is 7.93. The number of carbonyl (C=O) groups is 1. The minimum Gasteiger partial charge on any atom is -0.378 e. The maximum atomic E-state index is 12.8. The monoisotopic (exact) mass is 402 g/mol. The first kappa shape index (κ1) is 20.4. The quantitative estimate of drug-likeness (QED) is 0.834. The second-order valence-electron chi connectivity index (χ2n) is 7.20. The molecule has 1 fully saturated rings. The van der Waals surface area contributed by atoms with Crippen LogP contribution in [0.15, 0.2) is 41.3 Å². The van der Waals surface area contributed by atoms with Gasteiger partial charge in [0.15, 0.2) is 0 Å². The SMILES string of the molecule is Cc1cc(C)c(S(=O)(=O)Nc2ccc(CC(=O)N3CCOCC3)cc2)c(C)c1. The molecule has 0 spiro atoms. The molecule has 7 heteroatoms. The van der Waals surface area contributed by atoms with Gasteiger partial charge in [-0.1, -0.05) is 29.8 Å². The lowest BCUT2D eigenvalue weighted by molar-refractivity contribution is -0.134. The molecule has 150 valence electrons. The zero-order chi connectivity index (χ0) is 20.3. The third kappa shape index (κ3) is 4.72. The maximum Gasteiger partial charge on any atom is 0.262 e. The third-order valence-electron chi connectivity index (χ3n) is 4.80. The average molecular weight is 403 g/mol. The van der Waals surface area contributed by atoms with Gasteiger partial charge in [-0.25, -0.2) is 8.42 Å². The second-order valence-corrected chi connectivity index (χ2v) is 8.82. The fraction of sp³-hybridized carbons (Fsp3) is 0.381. The van der Waals surface area contributed by atoms with Crippen molar-refractivity contribution in [1.82, 2.24) is 4.90 Å². The van der Waals surface area contributed by atoms with Gasteiger partial charge in [0.25, 0.3) is 10.0 Å². The summed E-state index contributed by atoms with van der Waals surface area (Å²) in [5.74, 6) is 0.0579. The van der Waals surface area contributed by atoms with Crippen LogP contribution in [0, 0.1) is 20.8 Å². The summed E-state index contributed by atoms with van der Waals surface area (Å²) in [5.41, 5.74) is 3.79. The number of hydrogen-bond acceptors (Lipinski definition) is 4. The minimum absolute atomic E-state index is 0.0579. The zero-order valence-electron chi connectivity index (χ0n) is 16.5. The standard InChI is InChI=1S/C21H26N2O4S/c1-15-12-16(2)21(17(3)13-15)28(25,26)22-19-6-4-18(5-7-19)14-20(24)23-8-10-27-11-9-23/h4-7,12-13,22H,8-11,14H2,1-3H3. The van der Waals surface area contributed by atoms with Crippen LogP contribution in [0.25, 0.3) is 0 Å². The van der Waals surface area contributed by atoms with Crippen LogP contribution in [0.5, 0.6) is 0 Å². The van der Waals surface area contributed by atoms with E-state index in [9.17, 15) is 13.2 Å². The van der Waals surface area contributed by atoms with Crippen molar-refractivity contribution in [1.29, 1.82) is 0 Å². The van der Waals surface area contributed by atoms with E-state index in [0.29, 0.717) is 43.3 Å². The van der Waals surface area contributed by atoms with Crippen molar-refractivity contribution in [2.24, 2.45) is 0 Å². The van der Waals surface area contributed by atoms with Crippen molar-refractivity contribution in [2.45, 2.75) is 32.1 Å². The molecule has 0 saturated carbocycles. The number of benzene rings is 2. The molecular weight excluding hydrogens is 376 g/mol. The van der Waals surface area contributed by atoms with Crippen LogP contribution < -0.4 is 4.72 Å². The smallest absolute Gasteiger partial charge is 0.262 e. The molecule has 0 atom stereocenters. The molecule has 2 aromatic carbocycles. The number of sulfonamides is 1. The van der Waals surface area contributed by atoms with Gasteiger partial charge < -0.3 is 9.64 Å². The van der Waals surface area contributed by atoms with E-state index < -0.39 is 10.0 Å². The Morgan fingerprint density at radius 3 is 2.18 bits per heavy atom. The molecule has 0 unspecified atom stereocenters. The molecule has 1 aliphatic heterocycles. The van der Waals surface area contributed by atoms with Crippen LogP contribution in [0.1, 0.15) is 22.3 Å².